The predicted octanol–water partition coefficient (Wildman–Crippen LogP) is 0.423. The summed E-state index contributed by atoms with van der Waals surface area (Å²) in [6, 6.07) is -1.48. The number of halogens is 2. The van der Waals surface area contributed by atoms with Gasteiger partial charge in [0, 0.05) is 12.3 Å². The van der Waals surface area contributed by atoms with E-state index >= 15 is 0 Å². The molecule has 0 aromatic rings. The van der Waals surface area contributed by atoms with E-state index in [9.17, 15) is 13.6 Å². The van der Waals surface area contributed by atoms with Crippen molar-refractivity contribution in [3.05, 3.63) is 0 Å². The van der Waals surface area contributed by atoms with Crippen molar-refractivity contribution in [1.29, 1.82) is 0 Å². The van der Waals surface area contributed by atoms with Crippen molar-refractivity contribution < 1.29 is 18.7 Å². The van der Waals surface area contributed by atoms with Gasteiger partial charge >= 0.3 is 5.97 Å². The first kappa shape index (κ1) is 12.3. The Morgan fingerprint density at radius 3 is 2.53 bits per heavy atom. The summed E-state index contributed by atoms with van der Waals surface area (Å²) in [5.74, 6) is -5.09. The molecule has 0 amide bonds. The van der Waals surface area contributed by atoms with Crippen LogP contribution in [0.5, 0.6) is 0 Å². The number of hydrogen-bond donors (Lipinski definition) is 3. The molecule has 0 aliphatic carbocycles. The van der Waals surface area contributed by atoms with Crippen LogP contribution in [0.15, 0.2) is 0 Å². The molecule has 6 heteroatoms. The molecule has 4 nitrogen and oxygen atoms in total. The van der Waals surface area contributed by atoms with Gasteiger partial charge in [0.2, 0.25) is 0 Å². The Hall–Kier alpha value is -0.750. The number of nitrogens with two attached hydrogens (primary N) is 1. The lowest BCUT2D eigenvalue weighted by Crippen LogP contribution is -2.44. The first-order valence-corrected chi connectivity index (χ1v) is 5.00. The molecule has 4 N–H and O–H groups in total. The fourth-order valence-corrected chi connectivity index (χ4v) is 1.79. The lowest BCUT2D eigenvalue weighted by molar-refractivity contribution is -0.143. The van der Waals surface area contributed by atoms with E-state index in [1.54, 1.807) is 0 Å². The number of aliphatic carboxylic acids is 1. The monoisotopic (exact) mass is 222 g/mol. The van der Waals surface area contributed by atoms with Gasteiger partial charge in [0.1, 0.15) is 6.04 Å². The Balaban J connectivity index is 2.52. The standard InChI is InChI=1S/C9H16F2N2O2/c10-9(11,5-7(12)8(14)15)6-1-3-13-4-2-6/h6-7,13H,1-5,12H2,(H,14,15). The second-order valence-electron chi connectivity index (χ2n) is 3.93. The lowest BCUT2D eigenvalue weighted by Gasteiger charge is -2.31. The fourth-order valence-electron chi connectivity index (χ4n) is 1.79. The van der Waals surface area contributed by atoms with Crippen LogP contribution in [0.3, 0.4) is 0 Å². The Labute approximate surface area is 86.8 Å². The SMILES string of the molecule is NC(CC(F)(F)C1CCNCC1)C(=O)O. The number of carboxylic acid groups (broad SMARTS) is 1. The second-order valence-corrected chi connectivity index (χ2v) is 3.93. The van der Waals surface area contributed by atoms with Crippen LogP contribution in [0.4, 0.5) is 8.78 Å². The molecule has 1 saturated heterocycles. The van der Waals surface area contributed by atoms with Crippen LogP contribution in [0.2, 0.25) is 0 Å². The lowest BCUT2D eigenvalue weighted by atomic mass is 9.88. The van der Waals surface area contributed by atoms with Gasteiger partial charge in [-0.15, -0.1) is 0 Å². The zero-order chi connectivity index (χ0) is 11.5. The van der Waals surface area contributed by atoms with E-state index in [4.69, 9.17) is 10.8 Å². The molecule has 1 rings (SSSR count). The topological polar surface area (TPSA) is 75.3 Å². The smallest absolute Gasteiger partial charge is 0.320 e. The van der Waals surface area contributed by atoms with Gasteiger partial charge in [0.05, 0.1) is 0 Å². The highest BCUT2D eigenvalue weighted by Crippen LogP contribution is 2.34. The van der Waals surface area contributed by atoms with Crippen LogP contribution in [0, 0.1) is 5.92 Å². The van der Waals surface area contributed by atoms with Crippen molar-refractivity contribution in [1.82, 2.24) is 5.32 Å². The number of carboxylic acids is 1. The molecule has 1 heterocycles. The largest absolute Gasteiger partial charge is 0.480 e. The molecule has 1 aliphatic heterocycles. The summed E-state index contributed by atoms with van der Waals surface area (Å²) in [5, 5.41) is 11.5. The Kier molecular flexibility index (Phi) is 3.98. The molecule has 1 fully saturated rings. The van der Waals surface area contributed by atoms with Crippen molar-refractivity contribution >= 4 is 5.97 Å². The summed E-state index contributed by atoms with van der Waals surface area (Å²) in [7, 11) is 0. The predicted molar refractivity (Wildman–Crippen MR) is 50.8 cm³/mol. The van der Waals surface area contributed by atoms with Gasteiger partial charge < -0.3 is 16.2 Å². The maximum atomic E-state index is 13.5. The van der Waals surface area contributed by atoms with Crippen LogP contribution in [0.25, 0.3) is 0 Å². The van der Waals surface area contributed by atoms with Crippen molar-refractivity contribution in [3.8, 4) is 0 Å². The Morgan fingerprint density at radius 1 is 1.53 bits per heavy atom. The van der Waals surface area contributed by atoms with Gasteiger partial charge in [0.25, 0.3) is 5.92 Å². The molecule has 0 saturated carbocycles. The number of nitrogens with one attached hydrogen (secondary N) is 1. The molecule has 0 radical (unpaired) electrons. The Bertz CT molecular complexity index is 230. The molecule has 88 valence electrons. The highest BCUT2D eigenvalue weighted by Gasteiger charge is 2.42. The van der Waals surface area contributed by atoms with Gasteiger partial charge in [-0.1, -0.05) is 0 Å². The zero-order valence-corrected chi connectivity index (χ0v) is 8.38. The number of carbonyl (C=O) groups is 1. The molecule has 0 aromatic carbocycles. The average Bonchev–Trinajstić information content (AvgIpc) is 2.18. The molecular weight excluding hydrogens is 206 g/mol. The van der Waals surface area contributed by atoms with E-state index in [0.29, 0.717) is 25.9 Å². The third-order valence-corrected chi connectivity index (χ3v) is 2.75. The molecule has 1 aliphatic rings. The molecule has 15 heavy (non-hydrogen) atoms. The minimum atomic E-state index is -2.97. The highest BCUT2D eigenvalue weighted by atomic mass is 19.3. The quantitative estimate of drug-likeness (QED) is 0.644. The molecule has 0 aromatic heterocycles. The molecule has 0 spiro atoms. The van der Waals surface area contributed by atoms with E-state index in [2.05, 4.69) is 5.32 Å². The van der Waals surface area contributed by atoms with Crippen LogP contribution >= 0.6 is 0 Å². The molecule has 0 bridgehead atoms. The fraction of sp³-hybridized carbons (Fsp3) is 0.889. The van der Waals surface area contributed by atoms with Gasteiger partial charge in [-0.25, -0.2) is 8.78 Å². The first-order valence-electron chi connectivity index (χ1n) is 5.00. The summed E-state index contributed by atoms with van der Waals surface area (Å²) in [6.07, 6.45) is -0.0221. The normalized spacial score (nSPS) is 21.3. The van der Waals surface area contributed by atoms with Crippen LogP contribution in [-0.4, -0.2) is 36.1 Å². The highest BCUT2D eigenvalue weighted by molar-refractivity contribution is 5.73. The Morgan fingerprint density at radius 2 is 2.07 bits per heavy atom. The van der Waals surface area contributed by atoms with E-state index in [1.165, 1.54) is 0 Å². The zero-order valence-electron chi connectivity index (χ0n) is 8.38. The van der Waals surface area contributed by atoms with E-state index in [-0.39, 0.29) is 0 Å². The van der Waals surface area contributed by atoms with Crippen LogP contribution in [0.1, 0.15) is 19.3 Å². The van der Waals surface area contributed by atoms with Crippen molar-refractivity contribution in [2.75, 3.05) is 13.1 Å². The van der Waals surface area contributed by atoms with Crippen LogP contribution in [-0.2, 0) is 4.79 Å². The second kappa shape index (κ2) is 4.85. The van der Waals surface area contributed by atoms with Gasteiger partial charge in [-0.2, -0.15) is 0 Å². The average molecular weight is 222 g/mol. The number of rotatable bonds is 4. The molecular formula is C9H16F2N2O2. The summed E-state index contributed by atoms with van der Waals surface area (Å²) in [4.78, 5) is 10.4. The van der Waals surface area contributed by atoms with Gasteiger partial charge in [0.15, 0.2) is 0 Å². The summed E-state index contributed by atoms with van der Waals surface area (Å²) < 4.78 is 27.1. The first-order chi connectivity index (χ1) is 6.93. The maximum Gasteiger partial charge on any atom is 0.320 e. The number of hydrogen-bond acceptors (Lipinski definition) is 3. The summed E-state index contributed by atoms with van der Waals surface area (Å²) >= 11 is 0. The summed E-state index contributed by atoms with van der Waals surface area (Å²) in [5.41, 5.74) is 5.11. The molecule has 1 unspecified atom stereocenters. The van der Waals surface area contributed by atoms with E-state index in [0.717, 1.165) is 0 Å². The van der Waals surface area contributed by atoms with Crippen LogP contribution < -0.4 is 11.1 Å². The van der Waals surface area contributed by atoms with Gasteiger partial charge in [-0.05, 0) is 25.9 Å². The molecule has 1 atom stereocenters. The van der Waals surface area contributed by atoms with Crippen molar-refractivity contribution in [2.45, 2.75) is 31.2 Å². The minimum Gasteiger partial charge on any atom is -0.480 e. The van der Waals surface area contributed by atoms with E-state index in [1.807, 2.05) is 0 Å². The third-order valence-electron chi connectivity index (χ3n) is 2.75. The number of alkyl halides is 2. The van der Waals surface area contributed by atoms with E-state index < -0.39 is 30.3 Å². The number of piperidine rings is 1. The maximum absolute atomic E-state index is 13.5. The third kappa shape index (κ3) is 3.39. The van der Waals surface area contributed by atoms with Gasteiger partial charge in [-0.3, -0.25) is 4.79 Å². The summed E-state index contributed by atoms with van der Waals surface area (Å²) in [6.45, 7) is 1.12. The minimum absolute atomic E-state index is 0.374. The van der Waals surface area contributed by atoms with Crippen molar-refractivity contribution in [2.24, 2.45) is 11.7 Å². The van der Waals surface area contributed by atoms with Crippen molar-refractivity contribution in [3.63, 3.8) is 0 Å².